The summed E-state index contributed by atoms with van der Waals surface area (Å²) < 4.78 is 6.13. The SMILES string of the molecule is C=C(/C=C\C(Cl)=[SH]C)OCCN(C)C. The Morgan fingerprint density at radius 1 is 1.50 bits per heavy atom. The Kier molecular flexibility index (Phi) is 7.95. The highest BCUT2D eigenvalue weighted by Gasteiger charge is 1.92. The number of hydrogen-bond donors (Lipinski definition) is 1. The quantitative estimate of drug-likeness (QED) is 0.189. The van der Waals surface area contributed by atoms with Crippen LogP contribution in [-0.2, 0) is 4.74 Å². The summed E-state index contributed by atoms with van der Waals surface area (Å²) in [6.07, 6.45) is 5.57. The molecule has 14 heavy (non-hydrogen) atoms. The van der Waals surface area contributed by atoms with Gasteiger partial charge in [0.2, 0.25) is 0 Å². The summed E-state index contributed by atoms with van der Waals surface area (Å²) >= 11 is 6.86. The standard InChI is InChI=1S/C10H18ClNOS/c1-9(5-6-10(11)14-4)13-8-7-12(2)3/h5-6,14H,1,7-8H2,2-4H3/b6-5-. The molecule has 0 fully saturated rings. The molecule has 0 saturated heterocycles. The van der Waals surface area contributed by atoms with Crippen LogP contribution in [0.1, 0.15) is 0 Å². The summed E-state index contributed by atoms with van der Waals surface area (Å²) in [6, 6.07) is 0. The van der Waals surface area contributed by atoms with E-state index in [1.54, 1.807) is 12.2 Å². The van der Waals surface area contributed by atoms with Crippen molar-refractivity contribution in [3.8, 4) is 0 Å². The third-order valence-corrected chi connectivity index (χ3v) is 2.66. The number of ether oxygens (including phenoxy) is 1. The van der Waals surface area contributed by atoms with Crippen molar-refractivity contribution in [2.24, 2.45) is 0 Å². The highest BCUT2D eigenvalue weighted by Crippen LogP contribution is 2.00. The maximum absolute atomic E-state index is 5.81. The minimum absolute atomic E-state index is 0.647. The molecule has 2 nitrogen and oxygen atoms in total. The molecule has 82 valence electrons. The molecule has 4 heteroatoms. The summed E-state index contributed by atoms with van der Waals surface area (Å²) in [6.45, 7) is 5.29. The van der Waals surface area contributed by atoms with Gasteiger partial charge in [-0.25, -0.2) is 0 Å². The molecule has 0 heterocycles. The smallest absolute Gasteiger partial charge is 0.112 e. The maximum Gasteiger partial charge on any atom is 0.112 e. The third kappa shape index (κ3) is 8.35. The number of halogens is 1. The van der Waals surface area contributed by atoms with Crippen molar-refractivity contribution in [3.05, 3.63) is 24.5 Å². The number of nitrogens with zero attached hydrogens (tertiary/aromatic N) is 1. The van der Waals surface area contributed by atoms with Gasteiger partial charge in [-0.05, 0) is 32.5 Å². The predicted octanol–water partition coefficient (Wildman–Crippen LogP) is 2.10. The van der Waals surface area contributed by atoms with Crippen molar-refractivity contribution in [2.45, 2.75) is 0 Å². The molecule has 0 aliphatic rings. The van der Waals surface area contributed by atoms with Gasteiger partial charge in [-0.3, -0.25) is 0 Å². The van der Waals surface area contributed by atoms with Gasteiger partial charge in [0.25, 0.3) is 0 Å². The second kappa shape index (κ2) is 8.09. The number of rotatable bonds is 6. The van der Waals surface area contributed by atoms with Crippen LogP contribution in [0.5, 0.6) is 0 Å². The fourth-order valence-electron chi connectivity index (χ4n) is 0.644. The normalized spacial score (nSPS) is 13.1. The monoisotopic (exact) mass is 235 g/mol. The Balaban J connectivity index is 3.71. The first-order valence-electron chi connectivity index (χ1n) is 4.33. The van der Waals surface area contributed by atoms with E-state index in [-0.39, 0.29) is 0 Å². The van der Waals surface area contributed by atoms with Gasteiger partial charge in [-0.1, -0.05) is 18.2 Å². The molecule has 0 aromatic carbocycles. The first-order chi connectivity index (χ1) is 6.56. The lowest BCUT2D eigenvalue weighted by atomic mass is 10.4. The molecular formula is C10H18ClNOS. The van der Waals surface area contributed by atoms with Gasteiger partial charge in [-0.15, -0.1) is 0 Å². The van der Waals surface area contributed by atoms with Crippen LogP contribution in [0, 0.1) is 0 Å². The van der Waals surface area contributed by atoms with Crippen molar-refractivity contribution in [1.82, 2.24) is 4.90 Å². The van der Waals surface area contributed by atoms with E-state index in [2.05, 4.69) is 11.5 Å². The summed E-state index contributed by atoms with van der Waals surface area (Å²) in [7, 11) is 4.01. The van der Waals surface area contributed by atoms with Crippen LogP contribution in [-0.4, -0.2) is 42.7 Å². The molecule has 0 N–H and O–H groups in total. The minimum atomic E-state index is 0.647. The average Bonchev–Trinajstić information content (AvgIpc) is 2.13. The van der Waals surface area contributed by atoms with Crippen LogP contribution in [0.25, 0.3) is 0 Å². The van der Waals surface area contributed by atoms with Gasteiger partial charge in [-0.2, -0.15) is 11.4 Å². The molecular weight excluding hydrogens is 218 g/mol. The zero-order chi connectivity index (χ0) is 11.0. The van der Waals surface area contributed by atoms with E-state index in [4.69, 9.17) is 16.3 Å². The van der Waals surface area contributed by atoms with Crippen LogP contribution >= 0.6 is 23.0 Å². The molecule has 0 bridgehead atoms. The van der Waals surface area contributed by atoms with Gasteiger partial charge >= 0.3 is 0 Å². The molecule has 0 rings (SSSR count). The van der Waals surface area contributed by atoms with Crippen LogP contribution in [0.3, 0.4) is 0 Å². The summed E-state index contributed by atoms with van der Waals surface area (Å²) in [5.74, 6) is 0.647. The average molecular weight is 236 g/mol. The van der Waals surface area contributed by atoms with E-state index >= 15 is 0 Å². The third-order valence-electron chi connectivity index (χ3n) is 1.45. The number of likely N-dealkylation sites (N-methyl/N-ethyl adjacent to an activating group) is 1. The minimum Gasteiger partial charge on any atom is -0.493 e. The van der Waals surface area contributed by atoms with Crippen molar-refractivity contribution in [1.29, 1.82) is 0 Å². The lowest BCUT2D eigenvalue weighted by Crippen LogP contribution is -2.17. The second-order valence-corrected chi connectivity index (χ2v) is 4.60. The maximum atomic E-state index is 5.81. The largest absolute Gasteiger partial charge is 0.493 e. The van der Waals surface area contributed by atoms with Crippen LogP contribution in [0.2, 0.25) is 0 Å². The molecule has 0 atom stereocenters. The Labute approximate surface area is 95.1 Å². The van der Waals surface area contributed by atoms with Crippen molar-refractivity contribution < 1.29 is 4.74 Å². The van der Waals surface area contributed by atoms with E-state index in [9.17, 15) is 0 Å². The molecule has 0 aromatic heterocycles. The number of thiol groups is 1. The van der Waals surface area contributed by atoms with Gasteiger partial charge in [0.05, 0.1) is 4.32 Å². The van der Waals surface area contributed by atoms with Crippen LogP contribution < -0.4 is 0 Å². The van der Waals surface area contributed by atoms with Crippen molar-refractivity contribution in [3.63, 3.8) is 0 Å². The van der Waals surface area contributed by atoms with E-state index in [1.165, 1.54) is 0 Å². The highest BCUT2D eigenvalue weighted by molar-refractivity contribution is 8.00. The molecule has 0 aromatic rings. The number of allylic oxidation sites excluding steroid dienone is 2. The molecule has 0 amide bonds. The first kappa shape index (κ1) is 13.8. The van der Waals surface area contributed by atoms with Gasteiger partial charge in [0.15, 0.2) is 0 Å². The Morgan fingerprint density at radius 2 is 2.14 bits per heavy atom. The lowest BCUT2D eigenvalue weighted by molar-refractivity contribution is 0.194. The summed E-state index contributed by atoms with van der Waals surface area (Å²) in [5, 5.41) is 0. The van der Waals surface area contributed by atoms with Crippen LogP contribution in [0.15, 0.2) is 24.5 Å². The molecule has 0 radical (unpaired) electrons. The zero-order valence-electron chi connectivity index (χ0n) is 8.96. The number of hydrogen-bond acceptors (Lipinski definition) is 2. The summed E-state index contributed by atoms with van der Waals surface area (Å²) in [5.41, 5.74) is 0. The van der Waals surface area contributed by atoms with E-state index in [1.807, 2.05) is 20.4 Å². The lowest BCUT2D eigenvalue weighted by Gasteiger charge is -2.10. The highest BCUT2D eigenvalue weighted by atomic mass is 35.5. The van der Waals surface area contributed by atoms with E-state index in [0.717, 1.165) is 22.2 Å². The van der Waals surface area contributed by atoms with Crippen molar-refractivity contribution in [2.75, 3.05) is 33.5 Å². The van der Waals surface area contributed by atoms with Crippen molar-refractivity contribution >= 4 is 27.3 Å². The predicted molar refractivity (Wildman–Crippen MR) is 68.6 cm³/mol. The van der Waals surface area contributed by atoms with E-state index < -0.39 is 0 Å². The second-order valence-electron chi connectivity index (χ2n) is 3.00. The Bertz CT molecular complexity index is 236. The zero-order valence-corrected chi connectivity index (χ0v) is 10.6. The van der Waals surface area contributed by atoms with Crippen LogP contribution in [0.4, 0.5) is 0 Å². The molecule has 0 saturated carbocycles. The fraction of sp³-hybridized carbons (Fsp3) is 0.500. The van der Waals surface area contributed by atoms with E-state index in [0.29, 0.717) is 12.4 Å². The first-order valence-corrected chi connectivity index (χ1v) is 6.05. The molecule has 0 aliphatic carbocycles. The molecule has 0 spiro atoms. The van der Waals surface area contributed by atoms with Gasteiger partial charge < -0.3 is 9.64 Å². The Morgan fingerprint density at radius 3 is 2.64 bits per heavy atom. The van der Waals surface area contributed by atoms with Gasteiger partial charge in [0, 0.05) is 6.54 Å². The Hall–Kier alpha value is -0.250. The molecule has 0 aliphatic heterocycles. The fourth-order valence-corrected chi connectivity index (χ4v) is 0.930. The topological polar surface area (TPSA) is 12.5 Å². The van der Waals surface area contributed by atoms with Gasteiger partial charge in [0.1, 0.15) is 12.4 Å². The molecule has 0 unspecified atom stereocenters. The summed E-state index contributed by atoms with van der Waals surface area (Å²) in [4.78, 5) is 2.06.